The number of fused-ring (bicyclic) bond motifs is 1. The van der Waals surface area contributed by atoms with Crippen molar-refractivity contribution in [2.24, 2.45) is 7.05 Å². The summed E-state index contributed by atoms with van der Waals surface area (Å²) in [5.41, 5.74) is 0.378. The smallest absolute Gasteiger partial charge is 0.294 e. The molecule has 0 radical (unpaired) electrons. The Balaban J connectivity index is 1.69. The minimum atomic E-state index is -0.992. The van der Waals surface area contributed by atoms with Gasteiger partial charge in [0, 0.05) is 42.6 Å². The minimum Gasteiger partial charge on any atom is -0.370 e. The fourth-order valence-corrected chi connectivity index (χ4v) is 4.51. The lowest BCUT2D eigenvalue weighted by Gasteiger charge is -2.33. The summed E-state index contributed by atoms with van der Waals surface area (Å²) in [5, 5.41) is 4.21. The number of ether oxygens (including phenoxy) is 1. The molecule has 3 aromatic heterocycles. The SMILES string of the molecule is Cc1nc2c(-c3ccc(F)cc3F)nc([C@H]3C[C@@H](C)O[C@@H](c4cnn(C)c4)C3)cn2c(=O)c1F. The van der Waals surface area contributed by atoms with Crippen molar-refractivity contribution >= 4 is 5.65 Å². The molecule has 176 valence electrons. The number of rotatable bonds is 3. The van der Waals surface area contributed by atoms with E-state index < -0.39 is 23.0 Å². The number of halogens is 3. The van der Waals surface area contributed by atoms with E-state index in [0.29, 0.717) is 18.5 Å². The van der Waals surface area contributed by atoms with E-state index in [1.54, 1.807) is 10.9 Å². The van der Waals surface area contributed by atoms with Crippen LogP contribution in [0.1, 0.15) is 48.7 Å². The fraction of sp³-hybridized carbons (Fsp3) is 0.333. The standard InChI is InChI=1S/C24H22F3N5O2/c1-12-6-14(7-20(34-12)15-9-28-31(3)10-15)19-11-32-23(29-13(2)21(27)24(32)33)22(30-19)17-5-4-16(25)8-18(17)26/h4-5,8-12,14,20H,6-7H2,1-3H3/t12-,14+,20-/m1/s1. The topological polar surface area (TPSA) is 74.3 Å². The molecule has 4 heterocycles. The monoisotopic (exact) mass is 469 g/mol. The van der Waals surface area contributed by atoms with Gasteiger partial charge in [-0.05, 0) is 38.8 Å². The van der Waals surface area contributed by atoms with Crippen LogP contribution in [0.4, 0.5) is 13.2 Å². The molecule has 3 atom stereocenters. The van der Waals surface area contributed by atoms with Crippen LogP contribution in [0.15, 0.2) is 41.6 Å². The van der Waals surface area contributed by atoms with Crippen LogP contribution in [-0.4, -0.2) is 30.3 Å². The highest BCUT2D eigenvalue weighted by atomic mass is 19.1. The molecule has 0 spiro atoms. The second kappa shape index (κ2) is 8.35. The van der Waals surface area contributed by atoms with Crippen molar-refractivity contribution < 1.29 is 17.9 Å². The summed E-state index contributed by atoms with van der Waals surface area (Å²) in [6, 6.07) is 3.09. The van der Waals surface area contributed by atoms with Gasteiger partial charge >= 0.3 is 0 Å². The predicted molar refractivity (Wildman–Crippen MR) is 118 cm³/mol. The molecule has 0 saturated carbocycles. The molecule has 1 aromatic carbocycles. The quantitative estimate of drug-likeness (QED) is 0.449. The molecule has 34 heavy (non-hydrogen) atoms. The van der Waals surface area contributed by atoms with E-state index in [1.165, 1.54) is 19.2 Å². The van der Waals surface area contributed by atoms with E-state index in [0.717, 1.165) is 22.1 Å². The first-order chi connectivity index (χ1) is 16.2. The van der Waals surface area contributed by atoms with Gasteiger partial charge in [-0.25, -0.2) is 18.7 Å². The van der Waals surface area contributed by atoms with Crippen molar-refractivity contribution in [3.8, 4) is 11.3 Å². The van der Waals surface area contributed by atoms with Crippen LogP contribution in [-0.2, 0) is 11.8 Å². The van der Waals surface area contributed by atoms with Gasteiger partial charge in [0.2, 0.25) is 5.82 Å². The zero-order valence-corrected chi connectivity index (χ0v) is 18.8. The third kappa shape index (κ3) is 3.87. The first kappa shape index (κ1) is 22.3. The van der Waals surface area contributed by atoms with E-state index >= 15 is 0 Å². The van der Waals surface area contributed by atoms with E-state index in [9.17, 15) is 18.0 Å². The van der Waals surface area contributed by atoms with Crippen molar-refractivity contribution in [1.82, 2.24) is 24.1 Å². The number of nitrogens with zero attached hydrogens (tertiary/aromatic N) is 5. The van der Waals surface area contributed by atoms with Crippen molar-refractivity contribution in [1.29, 1.82) is 0 Å². The van der Waals surface area contributed by atoms with Gasteiger partial charge in [0.1, 0.15) is 17.3 Å². The van der Waals surface area contributed by atoms with E-state index in [1.807, 2.05) is 20.2 Å². The Bertz CT molecular complexity index is 1470. The van der Waals surface area contributed by atoms with E-state index in [4.69, 9.17) is 4.74 Å². The number of aromatic nitrogens is 5. The van der Waals surface area contributed by atoms with Crippen LogP contribution in [0.3, 0.4) is 0 Å². The summed E-state index contributed by atoms with van der Waals surface area (Å²) in [6.45, 7) is 3.29. The van der Waals surface area contributed by atoms with Crippen LogP contribution in [0.2, 0.25) is 0 Å². The molecule has 1 saturated heterocycles. The molecule has 1 fully saturated rings. The van der Waals surface area contributed by atoms with Gasteiger partial charge in [-0.1, -0.05) is 0 Å². The molecule has 0 aliphatic carbocycles. The molecule has 7 nitrogen and oxygen atoms in total. The molecule has 0 unspecified atom stereocenters. The molecule has 1 aliphatic rings. The second-order valence-corrected chi connectivity index (χ2v) is 8.70. The molecule has 0 N–H and O–H groups in total. The number of benzene rings is 1. The predicted octanol–water partition coefficient (Wildman–Crippen LogP) is 4.24. The highest BCUT2D eigenvalue weighted by Crippen LogP contribution is 2.40. The molecule has 4 aromatic rings. The highest BCUT2D eigenvalue weighted by molar-refractivity contribution is 5.74. The largest absolute Gasteiger partial charge is 0.370 e. The Morgan fingerprint density at radius 2 is 1.91 bits per heavy atom. The van der Waals surface area contributed by atoms with Crippen molar-refractivity contribution in [2.45, 2.75) is 44.8 Å². The lowest BCUT2D eigenvalue weighted by molar-refractivity contribution is -0.0506. The Morgan fingerprint density at radius 1 is 1.12 bits per heavy atom. The van der Waals surface area contributed by atoms with Crippen LogP contribution in [0.5, 0.6) is 0 Å². The average Bonchev–Trinajstić information content (AvgIpc) is 3.23. The fourth-order valence-electron chi connectivity index (χ4n) is 4.51. The van der Waals surface area contributed by atoms with Gasteiger partial charge < -0.3 is 4.74 Å². The van der Waals surface area contributed by atoms with Crippen molar-refractivity contribution in [3.05, 3.63) is 81.5 Å². The normalized spacial score (nSPS) is 20.7. The zero-order valence-electron chi connectivity index (χ0n) is 18.8. The number of aryl methyl sites for hydroxylation is 2. The first-order valence-corrected chi connectivity index (χ1v) is 10.9. The lowest BCUT2D eigenvalue weighted by atomic mass is 9.87. The van der Waals surface area contributed by atoms with Gasteiger partial charge in [-0.3, -0.25) is 13.9 Å². The Morgan fingerprint density at radius 3 is 2.62 bits per heavy atom. The van der Waals surface area contributed by atoms with Gasteiger partial charge in [0.25, 0.3) is 5.56 Å². The zero-order chi connectivity index (χ0) is 24.1. The van der Waals surface area contributed by atoms with Crippen LogP contribution in [0, 0.1) is 24.4 Å². The molecule has 0 bridgehead atoms. The molecular weight excluding hydrogens is 447 g/mol. The second-order valence-electron chi connectivity index (χ2n) is 8.70. The Hall–Kier alpha value is -3.53. The minimum absolute atomic E-state index is 0.00192. The number of hydrogen-bond donors (Lipinski definition) is 0. The van der Waals surface area contributed by atoms with Crippen LogP contribution in [0.25, 0.3) is 16.9 Å². The third-order valence-electron chi connectivity index (χ3n) is 6.15. The summed E-state index contributed by atoms with van der Waals surface area (Å²) < 4.78 is 51.7. The van der Waals surface area contributed by atoms with Gasteiger partial charge in [-0.15, -0.1) is 0 Å². The molecule has 10 heteroatoms. The first-order valence-electron chi connectivity index (χ1n) is 10.9. The summed E-state index contributed by atoms with van der Waals surface area (Å²) in [4.78, 5) is 21.6. The molecule has 0 amide bonds. The third-order valence-corrected chi connectivity index (χ3v) is 6.15. The Kier molecular flexibility index (Phi) is 5.47. The maximum absolute atomic E-state index is 14.8. The van der Waals surface area contributed by atoms with Gasteiger partial charge in [-0.2, -0.15) is 9.49 Å². The Labute approximate surface area is 192 Å². The number of hydrogen-bond acceptors (Lipinski definition) is 5. The summed E-state index contributed by atoms with van der Waals surface area (Å²) in [6.07, 6.45) is 5.82. The highest BCUT2D eigenvalue weighted by Gasteiger charge is 2.32. The van der Waals surface area contributed by atoms with Crippen LogP contribution >= 0.6 is 0 Å². The van der Waals surface area contributed by atoms with Crippen molar-refractivity contribution in [3.63, 3.8) is 0 Å². The van der Waals surface area contributed by atoms with Crippen molar-refractivity contribution in [2.75, 3.05) is 0 Å². The molecule has 1 aliphatic heterocycles. The maximum Gasteiger partial charge on any atom is 0.294 e. The summed E-state index contributed by atoms with van der Waals surface area (Å²) in [5.74, 6) is -2.76. The molecule has 5 rings (SSSR count). The van der Waals surface area contributed by atoms with E-state index in [-0.39, 0.29) is 40.7 Å². The van der Waals surface area contributed by atoms with Gasteiger partial charge in [0.05, 0.1) is 29.8 Å². The van der Waals surface area contributed by atoms with Crippen LogP contribution < -0.4 is 5.56 Å². The van der Waals surface area contributed by atoms with Gasteiger partial charge in [0.15, 0.2) is 5.65 Å². The summed E-state index contributed by atoms with van der Waals surface area (Å²) >= 11 is 0. The average molecular weight is 469 g/mol. The summed E-state index contributed by atoms with van der Waals surface area (Å²) in [7, 11) is 1.82. The van der Waals surface area contributed by atoms with E-state index in [2.05, 4.69) is 15.1 Å². The maximum atomic E-state index is 14.8. The lowest BCUT2D eigenvalue weighted by Crippen LogP contribution is -2.27. The molecular formula is C24H22F3N5O2.